The van der Waals surface area contributed by atoms with Crippen LogP contribution in [0.25, 0.3) is 0 Å². The zero-order valence-electron chi connectivity index (χ0n) is 13.2. The number of hydrogen-bond donors (Lipinski definition) is 1. The number of rotatable bonds is 1. The first-order chi connectivity index (χ1) is 11.2. The van der Waals surface area contributed by atoms with E-state index in [1.807, 2.05) is 29.2 Å². The highest BCUT2D eigenvalue weighted by Gasteiger charge is 2.41. The van der Waals surface area contributed by atoms with Gasteiger partial charge in [0.15, 0.2) is 0 Å². The third-order valence-electron chi connectivity index (χ3n) is 5.46. The van der Waals surface area contributed by atoms with E-state index in [2.05, 4.69) is 5.32 Å². The van der Waals surface area contributed by atoms with Gasteiger partial charge in [0, 0.05) is 31.7 Å². The molecule has 2 amide bonds. The average molecular weight is 314 g/mol. The van der Waals surface area contributed by atoms with Crippen molar-refractivity contribution in [1.82, 2.24) is 10.2 Å². The van der Waals surface area contributed by atoms with Gasteiger partial charge in [-0.1, -0.05) is 18.2 Å². The van der Waals surface area contributed by atoms with Gasteiger partial charge in [0.2, 0.25) is 5.91 Å². The highest BCUT2D eigenvalue weighted by molar-refractivity contribution is 6.00. The Bertz CT molecular complexity index is 627. The van der Waals surface area contributed by atoms with Crippen molar-refractivity contribution in [3.63, 3.8) is 0 Å². The first-order valence-electron chi connectivity index (χ1n) is 8.48. The molecule has 3 aliphatic heterocycles. The van der Waals surface area contributed by atoms with Gasteiger partial charge >= 0.3 is 0 Å². The van der Waals surface area contributed by atoms with Gasteiger partial charge in [0.05, 0.1) is 5.60 Å². The zero-order valence-corrected chi connectivity index (χ0v) is 13.2. The molecule has 122 valence electrons. The number of benzene rings is 1. The number of carbonyl (C=O) groups excluding carboxylic acids is 2. The second-order valence-corrected chi connectivity index (χ2v) is 6.85. The SMILES string of the molecule is O=C1N[C@@H](C(=O)N2CCC3(CCCO3)CC2)Cc2ccccc21. The number of fused-ring (bicyclic) bond motifs is 1. The number of nitrogens with zero attached hydrogens (tertiary/aromatic N) is 1. The van der Waals surface area contributed by atoms with Crippen LogP contribution < -0.4 is 5.32 Å². The van der Waals surface area contributed by atoms with Gasteiger partial charge in [0.1, 0.15) is 6.04 Å². The zero-order chi connectivity index (χ0) is 15.9. The quantitative estimate of drug-likeness (QED) is 0.855. The lowest BCUT2D eigenvalue weighted by atomic mass is 9.88. The third-order valence-corrected chi connectivity index (χ3v) is 5.46. The van der Waals surface area contributed by atoms with Crippen LogP contribution in [0.5, 0.6) is 0 Å². The molecule has 0 aliphatic carbocycles. The van der Waals surface area contributed by atoms with Crippen molar-refractivity contribution in [2.24, 2.45) is 0 Å². The molecule has 4 rings (SSSR count). The Morgan fingerprint density at radius 3 is 2.74 bits per heavy atom. The molecular formula is C18H22N2O3. The largest absolute Gasteiger partial charge is 0.375 e. The van der Waals surface area contributed by atoms with E-state index in [9.17, 15) is 9.59 Å². The topological polar surface area (TPSA) is 58.6 Å². The molecule has 2 saturated heterocycles. The summed E-state index contributed by atoms with van der Waals surface area (Å²) >= 11 is 0. The van der Waals surface area contributed by atoms with E-state index in [1.54, 1.807) is 0 Å². The fourth-order valence-electron chi connectivity index (χ4n) is 4.08. The summed E-state index contributed by atoms with van der Waals surface area (Å²) < 4.78 is 5.91. The molecular weight excluding hydrogens is 292 g/mol. The second kappa shape index (κ2) is 5.64. The molecule has 0 bridgehead atoms. The molecule has 23 heavy (non-hydrogen) atoms. The summed E-state index contributed by atoms with van der Waals surface area (Å²) in [5.41, 5.74) is 1.66. The van der Waals surface area contributed by atoms with Gasteiger partial charge < -0.3 is 15.0 Å². The van der Waals surface area contributed by atoms with Gasteiger partial charge in [-0.2, -0.15) is 0 Å². The van der Waals surface area contributed by atoms with Crippen LogP contribution in [0.15, 0.2) is 24.3 Å². The molecule has 0 radical (unpaired) electrons. The number of piperidine rings is 1. The molecule has 0 unspecified atom stereocenters. The summed E-state index contributed by atoms with van der Waals surface area (Å²) in [5.74, 6) is -0.0986. The minimum Gasteiger partial charge on any atom is -0.375 e. The van der Waals surface area contributed by atoms with Crippen molar-refractivity contribution < 1.29 is 14.3 Å². The molecule has 1 atom stereocenters. The van der Waals surface area contributed by atoms with Crippen molar-refractivity contribution in [3.05, 3.63) is 35.4 Å². The van der Waals surface area contributed by atoms with Crippen LogP contribution in [0.3, 0.4) is 0 Å². The Morgan fingerprint density at radius 1 is 1.22 bits per heavy atom. The normalized spacial score (nSPS) is 26.0. The molecule has 1 spiro atoms. The van der Waals surface area contributed by atoms with E-state index >= 15 is 0 Å². The van der Waals surface area contributed by atoms with Crippen LogP contribution in [-0.2, 0) is 16.0 Å². The Balaban J connectivity index is 1.43. The molecule has 3 heterocycles. The van der Waals surface area contributed by atoms with E-state index in [4.69, 9.17) is 4.74 Å². The molecule has 3 aliphatic rings. The molecule has 1 N–H and O–H groups in total. The number of amides is 2. The fourth-order valence-corrected chi connectivity index (χ4v) is 4.08. The molecule has 1 aromatic rings. The molecule has 2 fully saturated rings. The molecule has 5 nitrogen and oxygen atoms in total. The molecule has 1 aromatic carbocycles. The van der Waals surface area contributed by atoms with E-state index in [0.717, 1.165) is 50.9 Å². The van der Waals surface area contributed by atoms with Crippen molar-refractivity contribution in [2.45, 2.75) is 43.7 Å². The first-order valence-corrected chi connectivity index (χ1v) is 8.48. The number of ether oxygens (including phenoxy) is 1. The van der Waals surface area contributed by atoms with E-state index in [1.165, 1.54) is 0 Å². The van der Waals surface area contributed by atoms with Crippen LogP contribution in [0, 0.1) is 0 Å². The number of carbonyl (C=O) groups is 2. The Kier molecular flexibility index (Phi) is 3.60. The summed E-state index contributed by atoms with van der Waals surface area (Å²) in [5, 5.41) is 2.87. The first kappa shape index (κ1) is 14.7. The van der Waals surface area contributed by atoms with Crippen molar-refractivity contribution in [1.29, 1.82) is 0 Å². The maximum Gasteiger partial charge on any atom is 0.252 e. The lowest BCUT2D eigenvalue weighted by Gasteiger charge is -2.40. The molecule has 0 saturated carbocycles. The summed E-state index contributed by atoms with van der Waals surface area (Å²) in [6, 6.07) is 7.09. The number of likely N-dealkylation sites (tertiary alicyclic amines) is 1. The number of hydrogen-bond acceptors (Lipinski definition) is 3. The lowest BCUT2D eigenvalue weighted by Crippen LogP contribution is -2.55. The lowest BCUT2D eigenvalue weighted by molar-refractivity contribution is -0.138. The van der Waals surface area contributed by atoms with E-state index in [0.29, 0.717) is 12.0 Å². The van der Waals surface area contributed by atoms with Crippen LogP contribution >= 0.6 is 0 Å². The molecule has 5 heteroatoms. The Morgan fingerprint density at radius 2 is 2.00 bits per heavy atom. The fraction of sp³-hybridized carbons (Fsp3) is 0.556. The predicted molar refractivity (Wildman–Crippen MR) is 85.1 cm³/mol. The summed E-state index contributed by atoms with van der Waals surface area (Å²) in [6.07, 6.45) is 4.65. The van der Waals surface area contributed by atoms with Crippen LogP contribution in [0.4, 0.5) is 0 Å². The standard InChI is InChI=1S/C18H22N2O3/c21-16-14-5-2-1-4-13(14)12-15(19-16)17(22)20-9-7-18(8-10-20)6-3-11-23-18/h1-2,4-5,15H,3,6-12H2,(H,19,21)/t15-/m1/s1. The molecule has 0 aromatic heterocycles. The maximum atomic E-state index is 12.8. The summed E-state index contributed by atoms with van der Waals surface area (Å²) in [6.45, 7) is 2.31. The van der Waals surface area contributed by atoms with Crippen LogP contribution in [-0.4, -0.2) is 48.1 Å². The Labute approximate surface area is 136 Å². The highest BCUT2D eigenvalue weighted by Crippen LogP contribution is 2.35. The highest BCUT2D eigenvalue weighted by atomic mass is 16.5. The van der Waals surface area contributed by atoms with E-state index in [-0.39, 0.29) is 17.4 Å². The Hall–Kier alpha value is -1.88. The third kappa shape index (κ3) is 2.63. The average Bonchev–Trinajstić information content (AvgIpc) is 3.03. The van der Waals surface area contributed by atoms with Gasteiger partial charge in [-0.15, -0.1) is 0 Å². The van der Waals surface area contributed by atoms with E-state index < -0.39 is 6.04 Å². The van der Waals surface area contributed by atoms with Gasteiger partial charge in [-0.05, 0) is 37.3 Å². The van der Waals surface area contributed by atoms with Crippen molar-refractivity contribution in [3.8, 4) is 0 Å². The smallest absolute Gasteiger partial charge is 0.252 e. The minimum absolute atomic E-state index is 0.0131. The van der Waals surface area contributed by atoms with Gasteiger partial charge in [0.25, 0.3) is 5.91 Å². The maximum absolute atomic E-state index is 12.8. The monoisotopic (exact) mass is 314 g/mol. The van der Waals surface area contributed by atoms with Crippen LogP contribution in [0.1, 0.15) is 41.6 Å². The predicted octanol–water partition coefficient (Wildman–Crippen LogP) is 1.51. The van der Waals surface area contributed by atoms with Crippen molar-refractivity contribution in [2.75, 3.05) is 19.7 Å². The number of nitrogens with one attached hydrogen (secondary N) is 1. The minimum atomic E-state index is -0.434. The summed E-state index contributed by atoms with van der Waals surface area (Å²) in [7, 11) is 0. The van der Waals surface area contributed by atoms with Crippen LogP contribution in [0.2, 0.25) is 0 Å². The summed E-state index contributed by atoms with van der Waals surface area (Å²) in [4.78, 5) is 26.9. The van der Waals surface area contributed by atoms with Gasteiger partial charge in [-0.3, -0.25) is 9.59 Å². The van der Waals surface area contributed by atoms with Crippen molar-refractivity contribution >= 4 is 11.8 Å². The second-order valence-electron chi connectivity index (χ2n) is 6.85. The van der Waals surface area contributed by atoms with Gasteiger partial charge in [-0.25, -0.2) is 0 Å².